The summed E-state index contributed by atoms with van der Waals surface area (Å²) in [6.07, 6.45) is 2.10. The first kappa shape index (κ1) is 19.7. The molecule has 2 aliphatic rings. The fourth-order valence-corrected chi connectivity index (χ4v) is 4.23. The SMILES string of the molecule is CC1CC(C(=O)O)CN(C(=O)C2CCCN(C(=O)c3ccc(Cl)cc3)C2)C1. The van der Waals surface area contributed by atoms with Gasteiger partial charge in [-0.1, -0.05) is 18.5 Å². The maximum absolute atomic E-state index is 13.0. The van der Waals surface area contributed by atoms with Crippen LogP contribution in [0.2, 0.25) is 5.02 Å². The predicted octanol–water partition coefficient (Wildman–Crippen LogP) is 2.76. The van der Waals surface area contributed by atoms with Crippen molar-refractivity contribution in [1.82, 2.24) is 9.80 Å². The van der Waals surface area contributed by atoms with Crippen molar-refractivity contribution >= 4 is 29.4 Å². The van der Waals surface area contributed by atoms with Gasteiger partial charge in [-0.3, -0.25) is 14.4 Å². The number of carboxylic acids is 1. The fourth-order valence-electron chi connectivity index (χ4n) is 4.11. The molecule has 2 heterocycles. The van der Waals surface area contributed by atoms with Gasteiger partial charge in [0.05, 0.1) is 11.8 Å². The summed E-state index contributed by atoms with van der Waals surface area (Å²) in [5, 5.41) is 9.90. The highest BCUT2D eigenvalue weighted by atomic mass is 35.5. The molecular weight excluding hydrogens is 368 g/mol. The van der Waals surface area contributed by atoms with E-state index in [-0.39, 0.29) is 30.2 Å². The molecule has 2 amide bonds. The molecule has 0 saturated carbocycles. The molecule has 146 valence electrons. The second-order valence-corrected chi connectivity index (χ2v) is 8.15. The van der Waals surface area contributed by atoms with E-state index in [0.717, 1.165) is 12.8 Å². The van der Waals surface area contributed by atoms with Crippen molar-refractivity contribution < 1.29 is 19.5 Å². The number of piperidine rings is 2. The molecule has 0 aromatic heterocycles. The average molecular weight is 393 g/mol. The second kappa shape index (κ2) is 8.30. The largest absolute Gasteiger partial charge is 0.481 e. The Morgan fingerprint density at radius 2 is 1.70 bits per heavy atom. The number of hydrogen-bond acceptors (Lipinski definition) is 3. The minimum Gasteiger partial charge on any atom is -0.481 e. The van der Waals surface area contributed by atoms with Crippen molar-refractivity contribution in [2.75, 3.05) is 26.2 Å². The molecule has 0 bridgehead atoms. The van der Waals surface area contributed by atoms with Crippen molar-refractivity contribution in [2.24, 2.45) is 17.8 Å². The van der Waals surface area contributed by atoms with Gasteiger partial charge in [-0.15, -0.1) is 0 Å². The number of carboxylic acid groups (broad SMARTS) is 1. The number of carbonyl (C=O) groups is 3. The van der Waals surface area contributed by atoms with Crippen LogP contribution in [0.4, 0.5) is 0 Å². The molecule has 0 radical (unpaired) electrons. The molecule has 2 fully saturated rings. The van der Waals surface area contributed by atoms with Crippen molar-refractivity contribution in [3.63, 3.8) is 0 Å². The Bertz CT molecular complexity index is 721. The highest BCUT2D eigenvalue weighted by Crippen LogP contribution is 2.26. The second-order valence-electron chi connectivity index (χ2n) is 7.72. The van der Waals surface area contributed by atoms with Crippen LogP contribution in [0, 0.1) is 17.8 Å². The lowest BCUT2D eigenvalue weighted by Crippen LogP contribution is -2.51. The molecule has 3 atom stereocenters. The van der Waals surface area contributed by atoms with Crippen LogP contribution in [-0.4, -0.2) is 58.9 Å². The lowest BCUT2D eigenvalue weighted by molar-refractivity contribution is -0.148. The maximum atomic E-state index is 13.0. The minimum absolute atomic E-state index is 0.0265. The normalized spacial score (nSPS) is 25.9. The van der Waals surface area contributed by atoms with Crippen LogP contribution in [0.25, 0.3) is 0 Å². The Labute approximate surface area is 164 Å². The Kier molecular flexibility index (Phi) is 6.05. The van der Waals surface area contributed by atoms with E-state index < -0.39 is 11.9 Å². The molecule has 6 nitrogen and oxygen atoms in total. The number of amides is 2. The standard InChI is InChI=1S/C20H25ClN2O4/c1-13-9-16(20(26)27)12-23(10-13)19(25)15-3-2-8-22(11-15)18(24)14-4-6-17(21)7-5-14/h4-7,13,15-16H,2-3,8-12H2,1H3,(H,26,27). The molecule has 27 heavy (non-hydrogen) atoms. The Morgan fingerprint density at radius 1 is 1.04 bits per heavy atom. The molecule has 1 aromatic rings. The highest BCUT2D eigenvalue weighted by Gasteiger charge is 2.36. The first-order valence-electron chi connectivity index (χ1n) is 9.41. The van der Waals surface area contributed by atoms with Crippen molar-refractivity contribution in [3.8, 4) is 0 Å². The number of likely N-dealkylation sites (tertiary alicyclic amines) is 2. The number of halogens is 1. The van der Waals surface area contributed by atoms with Crippen molar-refractivity contribution in [3.05, 3.63) is 34.9 Å². The topological polar surface area (TPSA) is 77.9 Å². The number of aliphatic carboxylic acids is 1. The monoisotopic (exact) mass is 392 g/mol. The summed E-state index contributed by atoms with van der Waals surface area (Å²) in [5.41, 5.74) is 0.560. The van der Waals surface area contributed by atoms with Gasteiger partial charge in [0.25, 0.3) is 5.91 Å². The van der Waals surface area contributed by atoms with Gasteiger partial charge in [0.15, 0.2) is 0 Å². The molecular formula is C20H25ClN2O4. The van der Waals surface area contributed by atoms with Crippen LogP contribution < -0.4 is 0 Å². The van der Waals surface area contributed by atoms with Gasteiger partial charge in [0.2, 0.25) is 5.91 Å². The van der Waals surface area contributed by atoms with E-state index in [0.29, 0.717) is 36.6 Å². The van der Waals surface area contributed by atoms with E-state index in [1.165, 1.54) is 0 Å². The third-order valence-corrected chi connectivity index (χ3v) is 5.72. The molecule has 1 aromatic carbocycles. The number of carbonyl (C=O) groups excluding carboxylic acids is 2. The lowest BCUT2D eigenvalue weighted by Gasteiger charge is -2.39. The van der Waals surface area contributed by atoms with Crippen LogP contribution in [0.3, 0.4) is 0 Å². The Balaban J connectivity index is 1.66. The zero-order valence-electron chi connectivity index (χ0n) is 15.4. The first-order chi connectivity index (χ1) is 12.8. The van der Waals surface area contributed by atoms with Gasteiger partial charge in [-0.05, 0) is 49.4 Å². The molecule has 2 saturated heterocycles. The number of rotatable bonds is 3. The first-order valence-corrected chi connectivity index (χ1v) is 9.79. The van der Waals surface area contributed by atoms with E-state index >= 15 is 0 Å². The van der Waals surface area contributed by atoms with Gasteiger partial charge < -0.3 is 14.9 Å². The maximum Gasteiger partial charge on any atom is 0.308 e. The summed E-state index contributed by atoms with van der Waals surface area (Å²) in [6.45, 7) is 3.83. The van der Waals surface area contributed by atoms with E-state index in [9.17, 15) is 19.5 Å². The molecule has 7 heteroatoms. The summed E-state index contributed by atoms with van der Waals surface area (Å²) in [7, 11) is 0. The summed E-state index contributed by atoms with van der Waals surface area (Å²) >= 11 is 5.88. The van der Waals surface area contributed by atoms with Crippen LogP contribution in [-0.2, 0) is 9.59 Å². The van der Waals surface area contributed by atoms with Crippen molar-refractivity contribution in [2.45, 2.75) is 26.2 Å². The number of nitrogens with zero attached hydrogens (tertiary/aromatic N) is 2. The summed E-state index contributed by atoms with van der Waals surface area (Å²) in [4.78, 5) is 40.5. The zero-order valence-corrected chi connectivity index (χ0v) is 16.2. The van der Waals surface area contributed by atoms with Crippen LogP contribution >= 0.6 is 11.6 Å². The van der Waals surface area contributed by atoms with E-state index in [4.69, 9.17) is 11.6 Å². The number of benzene rings is 1. The van der Waals surface area contributed by atoms with Gasteiger partial charge in [-0.2, -0.15) is 0 Å². The summed E-state index contributed by atoms with van der Waals surface area (Å²) in [5.74, 6) is -1.58. The molecule has 0 aliphatic carbocycles. The lowest BCUT2D eigenvalue weighted by atomic mass is 9.88. The van der Waals surface area contributed by atoms with Gasteiger partial charge in [0, 0.05) is 36.8 Å². The zero-order chi connectivity index (χ0) is 19.6. The highest BCUT2D eigenvalue weighted by molar-refractivity contribution is 6.30. The molecule has 1 N–H and O–H groups in total. The summed E-state index contributed by atoms with van der Waals surface area (Å²) < 4.78 is 0. The molecule has 3 rings (SSSR count). The number of hydrogen-bond donors (Lipinski definition) is 1. The fraction of sp³-hybridized carbons (Fsp3) is 0.550. The van der Waals surface area contributed by atoms with Gasteiger partial charge >= 0.3 is 5.97 Å². The van der Waals surface area contributed by atoms with Crippen LogP contribution in [0.1, 0.15) is 36.5 Å². The quantitative estimate of drug-likeness (QED) is 0.857. The van der Waals surface area contributed by atoms with Crippen LogP contribution in [0.15, 0.2) is 24.3 Å². The molecule has 3 unspecified atom stereocenters. The van der Waals surface area contributed by atoms with Gasteiger partial charge in [-0.25, -0.2) is 0 Å². The van der Waals surface area contributed by atoms with E-state index in [1.54, 1.807) is 34.1 Å². The van der Waals surface area contributed by atoms with E-state index in [1.807, 2.05) is 6.92 Å². The smallest absolute Gasteiger partial charge is 0.308 e. The average Bonchev–Trinajstić information content (AvgIpc) is 2.67. The predicted molar refractivity (Wildman–Crippen MR) is 102 cm³/mol. The van der Waals surface area contributed by atoms with Gasteiger partial charge in [0.1, 0.15) is 0 Å². The van der Waals surface area contributed by atoms with Crippen molar-refractivity contribution in [1.29, 1.82) is 0 Å². The van der Waals surface area contributed by atoms with E-state index in [2.05, 4.69) is 0 Å². The Hall–Kier alpha value is -2.08. The molecule has 0 spiro atoms. The minimum atomic E-state index is -0.845. The third kappa shape index (κ3) is 4.61. The summed E-state index contributed by atoms with van der Waals surface area (Å²) in [6, 6.07) is 6.75. The molecule has 2 aliphatic heterocycles. The van der Waals surface area contributed by atoms with Crippen LogP contribution in [0.5, 0.6) is 0 Å². The Morgan fingerprint density at radius 3 is 2.37 bits per heavy atom. The third-order valence-electron chi connectivity index (χ3n) is 5.47.